The number of benzene rings is 5. The van der Waals surface area contributed by atoms with E-state index >= 15 is 0 Å². The lowest BCUT2D eigenvalue weighted by Gasteiger charge is -2.32. The fourth-order valence-electron chi connectivity index (χ4n) is 5.92. The van der Waals surface area contributed by atoms with E-state index < -0.39 is 11.6 Å². The van der Waals surface area contributed by atoms with Crippen LogP contribution < -0.4 is 15.6 Å². The number of hydrogen-bond donors (Lipinski definition) is 3. The molecule has 0 bridgehead atoms. The van der Waals surface area contributed by atoms with Crippen LogP contribution in [0.1, 0.15) is 40.3 Å². The monoisotopic (exact) mass is 776 g/mol. The SMILES string of the molecule is [N-]=[N+]=NCc1ccccc1C[C@]1(C(=O)NNCc2ccccc2Sc2ccccc2)N=C(c2ccc(OCCCO)cc2)O[C@H]1c1ccccc1Br. The molecule has 5 aromatic rings. The van der Waals surface area contributed by atoms with Gasteiger partial charge in [-0.3, -0.25) is 10.2 Å². The summed E-state index contributed by atoms with van der Waals surface area (Å²) in [4.78, 5) is 25.1. The molecule has 0 aliphatic carbocycles. The Kier molecular flexibility index (Phi) is 12.6. The van der Waals surface area contributed by atoms with E-state index in [0.29, 0.717) is 36.8 Å². The van der Waals surface area contributed by atoms with Gasteiger partial charge in [0.15, 0.2) is 11.6 Å². The number of rotatable bonds is 16. The Morgan fingerprint density at radius 3 is 2.37 bits per heavy atom. The molecule has 10 nitrogen and oxygen atoms in total. The molecular formula is C40H37BrN6O4S. The Morgan fingerprint density at radius 1 is 0.923 bits per heavy atom. The third-order valence-electron chi connectivity index (χ3n) is 8.52. The van der Waals surface area contributed by atoms with Gasteiger partial charge >= 0.3 is 0 Å². The number of nitrogens with one attached hydrogen (secondary N) is 2. The molecular weight excluding hydrogens is 740 g/mol. The molecule has 52 heavy (non-hydrogen) atoms. The Hall–Kier alpha value is -5.10. The van der Waals surface area contributed by atoms with E-state index in [0.717, 1.165) is 36.5 Å². The molecule has 1 heterocycles. The summed E-state index contributed by atoms with van der Waals surface area (Å²) in [5, 5.41) is 13.0. The lowest BCUT2D eigenvalue weighted by Crippen LogP contribution is -2.53. The summed E-state index contributed by atoms with van der Waals surface area (Å²) in [6, 6.07) is 40.7. The summed E-state index contributed by atoms with van der Waals surface area (Å²) in [5.74, 6) is 0.554. The first-order valence-electron chi connectivity index (χ1n) is 16.8. The quantitative estimate of drug-likeness (QED) is 0.0302. The van der Waals surface area contributed by atoms with Gasteiger partial charge in [-0.15, -0.1) is 0 Å². The highest BCUT2D eigenvalue weighted by atomic mass is 79.9. The van der Waals surface area contributed by atoms with E-state index in [2.05, 4.69) is 55.0 Å². The topological polar surface area (TPSA) is 141 Å². The van der Waals surface area contributed by atoms with Crippen LogP contribution in [0.25, 0.3) is 10.4 Å². The van der Waals surface area contributed by atoms with Crippen LogP contribution >= 0.6 is 27.7 Å². The zero-order valence-corrected chi connectivity index (χ0v) is 30.6. The number of aliphatic imine (C=N–C) groups is 1. The van der Waals surface area contributed by atoms with Gasteiger partial charge in [0.25, 0.3) is 5.91 Å². The molecule has 1 amide bonds. The molecule has 0 fully saturated rings. The van der Waals surface area contributed by atoms with E-state index in [1.165, 1.54) is 0 Å². The zero-order chi connectivity index (χ0) is 36.2. The second-order valence-electron chi connectivity index (χ2n) is 12.0. The Morgan fingerprint density at radius 2 is 1.62 bits per heavy atom. The molecule has 3 N–H and O–H groups in total. The van der Waals surface area contributed by atoms with Gasteiger partial charge in [0.1, 0.15) is 5.75 Å². The van der Waals surface area contributed by atoms with Crippen molar-refractivity contribution >= 4 is 39.5 Å². The summed E-state index contributed by atoms with van der Waals surface area (Å²) < 4.78 is 13.2. The molecule has 12 heteroatoms. The second-order valence-corrected chi connectivity index (χ2v) is 13.9. The van der Waals surface area contributed by atoms with Gasteiger partial charge < -0.3 is 14.6 Å². The van der Waals surface area contributed by atoms with E-state index in [9.17, 15) is 4.79 Å². The number of aliphatic hydroxyl groups is 1. The maximum absolute atomic E-state index is 14.8. The summed E-state index contributed by atoms with van der Waals surface area (Å²) >= 11 is 5.36. The third-order valence-corrected chi connectivity index (χ3v) is 10.4. The van der Waals surface area contributed by atoms with Crippen LogP contribution in [-0.4, -0.2) is 35.7 Å². The van der Waals surface area contributed by atoms with Crippen molar-refractivity contribution in [2.24, 2.45) is 10.1 Å². The van der Waals surface area contributed by atoms with Gasteiger partial charge in [0.05, 0.1) is 13.2 Å². The van der Waals surface area contributed by atoms with Gasteiger partial charge in [0.2, 0.25) is 5.90 Å². The summed E-state index contributed by atoms with van der Waals surface area (Å²) in [6.45, 7) is 0.912. The normalized spacial score (nSPS) is 16.3. The van der Waals surface area contributed by atoms with Crippen LogP contribution in [0.3, 0.4) is 0 Å². The van der Waals surface area contributed by atoms with Crippen LogP contribution in [0, 0.1) is 0 Å². The van der Waals surface area contributed by atoms with Crippen molar-refractivity contribution in [1.29, 1.82) is 0 Å². The lowest BCUT2D eigenvalue weighted by molar-refractivity contribution is -0.130. The molecule has 6 rings (SSSR count). The first-order valence-corrected chi connectivity index (χ1v) is 18.4. The van der Waals surface area contributed by atoms with Crippen LogP contribution in [-0.2, 0) is 29.0 Å². The average molecular weight is 778 g/mol. The maximum atomic E-state index is 14.8. The number of amides is 1. The number of ether oxygens (including phenoxy) is 2. The van der Waals surface area contributed by atoms with E-state index in [1.54, 1.807) is 11.8 Å². The molecule has 0 unspecified atom stereocenters. The maximum Gasteiger partial charge on any atom is 0.266 e. The first kappa shape index (κ1) is 36.7. The van der Waals surface area contributed by atoms with Gasteiger partial charge in [-0.05, 0) is 70.8 Å². The first-order chi connectivity index (χ1) is 25.5. The van der Waals surface area contributed by atoms with Crippen molar-refractivity contribution in [3.63, 3.8) is 0 Å². The van der Waals surface area contributed by atoms with Gasteiger partial charge in [-0.1, -0.05) is 112 Å². The Bertz CT molecular complexity index is 2060. The minimum atomic E-state index is -1.49. The molecule has 264 valence electrons. The molecule has 0 radical (unpaired) electrons. The highest BCUT2D eigenvalue weighted by Gasteiger charge is 2.54. The standard InChI is InChI=1S/C40H37BrN6O4S/c41-35-17-8-7-16-34(35)37-40(25-29-11-4-5-12-30(29)26-44-47-42,45-38(51-37)28-19-21-32(22-20-28)50-24-10-23-48)39(49)46-43-27-31-13-6-9-18-36(31)52-33-14-2-1-3-15-33/h1-9,11-22,37,43,48H,10,23-27H2,(H,46,49)/t37-,40-/m0/s1. The third kappa shape index (κ3) is 8.85. The molecule has 2 atom stereocenters. The minimum absolute atomic E-state index is 0.0450. The van der Waals surface area contributed by atoms with E-state index in [-0.39, 0.29) is 25.5 Å². The van der Waals surface area contributed by atoms with Crippen molar-refractivity contribution in [2.75, 3.05) is 13.2 Å². The average Bonchev–Trinajstić information content (AvgIpc) is 3.56. The number of halogens is 1. The van der Waals surface area contributed by atoms with Crippen LogP contribution in [0.4, 0.5) is 0 Å². The van der Waals surface area contributed by atoms with Crippen molar-refractivity contribution in [3.05, 3.63) is 170 Å². The second kappa shape index (κ2) is 17.9. The highest BCUT2D eigenvalue weighted by Crippen LogP contribution is 2.45. The van der Waals surface area contributed by atoms with Gasteiger partial charge in [-0.2, -0.15) is 0 Å². The number of nitrogens with zero attached hydrogens (tertiary/aromatic N) is 4. The number of carbonyl (C=O) groups is 1. The molecule has 0 saturated carbocycles. The minimum Gasteiger partial charge on any atom is -0.494 e. The van der Waals surface area contributed by atoms with Crippen molar-refractivity contribution in [3.8, 4) is 5.75 Å². The number of azide groups is 1. The molecule has 0 spiro atoms. The predicted octanol–water partition coefficient (Wildman–Crippen LogP) is 8.49. The molecule has 1 aliphatic heterocycles. The van der Waals surface area contributed by atoms with Crippen molar-refractivity contribution < 1.29 is 19.4 Å². The smallest absolute Gasteiger partial charge is 0.266 e. The van der Waals surface area contributed by atoms with Crippen LogP contribution in [0.5, 0.6) is 5.75 Å². The fourth-order valence-corrected chi connectivity index (χ4v) is 7.38. The number of hydrazine groups is 1. The largest absolute Gasteiger partial charge is 0.494 e. The molecule has 0 aromatic heterocycles. The number of aliphatic hydroxyl groups excluding tert-OH is 1. The zero-order valence-electron chi connectivity index (χ0n) is 28.2. The van der Waals surface area contributed by atoms with Crippen molar-refractivity contribution in [2.45, 2.75) is 47.4 Å². The Balaban J connectivity index is 1.36. The van der Waals surface area contributed by atoms with Gasteiger partial charge in [0, 0.05) is 56.3 Å². The predicted molar refractivity (Wildman–Crippen MR) is 206 cm³/mol. The molecule has 1 aliphatic rings. The van der Waals surface area contributed by atoms with Crippen molar-refractivity contribution in [1.82, 2.24) is 10.9 Å². The highest BCUT2D eigenvalue weighted by molar-refractivity contribution is 9.10. The number of hydrogen-bond acceptors (Lipinski definition) is 8. The van der Waals surface area contributed by atoms with E-state index in [4.69, 9.17) is 25.1 Å². The van der Waals surface area contributed by atoms with Gasteiger partial charge in [-0.25, -0.2) is 10.4 Å². The number of carbonyl (C=O) groups excluding carboxylic acids is 1. The molecule has 0 saturated heterocycles. The van der Waals surface area contributed by atoms with Crippen LogP contribution in [0.2, 0.25) is 0 Å². The van der Waals surface area contributed by atoms with E-state index in [1.807, 2.05) is 109 Å². The molecule has 5 aromatic carbocycles. The summed E-state index contributed by atoms with van der Waals surface area (Å²) in [5.41, 5.74) is 17.8. The summed E-state index contributed by atoms with van der Waals surface area (Å²) in [7, 11) is 0. The van der Waals surface area contributed by atoms with Crippen LogP contribution in [0.15, 0.2) is 152 Å². The summed E-state index contributed by atoms with van der Waals surface area (Å²) in [6.07, 6.45) is -0.167. The lowest BCUT2D eigenvalue weighted by atomic mass is 9.81. The Labute approximate surface area is 315 Å². The fraction of sp³-hybridized carbons (Fsp3) is 0.200.